The number of aromatic nitrogens is 3. The van der Waals surface area contributed by atoms with E-state index in [4.69, 9.17) is 9.47 Å². The van der Waals surface area contributed by atoms with E-state index in [2.05, 4.69) is 37.5 Å². The second-order valence-corrected chi connectivity index (χ2v) is 9.01. The number of nitrogens with one attached hydrogen (secondary N) is 2. The van der Waals surface area contributed by atoms with Crippen LogP contribution in [0, 0.1) is 5.92 Å². The summed E-state index contributed by atoms with van der Waals surface area (Å²) in [7, 11) is 0. The van der Waals surface area contributed by atoms with E-state index in [1.54, 1.807) is 0 Å². The molecule has 1 fully saturated rings. The number of piperidine rings is 1. The summed E-state index contributed by atoms with van der Waals surface area (Å²) in [6.45, 7) is 2.48. The molecule has 2 aromatic heterocycles. The van der Waals surface area contributed by atoms with Crippen molar-refractivity contribution in [2.75, 3.05) is 31.3 Å². The minimum Gasteiger partial charge on any atom is -0.454 e. The van der Waals surface area contributed by atoms with Gasteiger partial charge < -0.3 is 24.7 Å². The third-order valence-electron chi connectivity index (χ3n) is 6.88. The summed E-state index contributed by atoms with van der Waals surface area (Å²) in [5, 5.41) is 13.2. The first-order valence-corrected chi connectivity index (χ1v) is 12.1. The summed E-state index contributed by atoms with van der Waals surface area (Å²) < 4.78 is 10.8. The molecule has 0 unspecified atom stereocenters. The Balaban J connectivity index is 1.00. The van der Waals surface area contributed by atoms with Gasteiger partial charge in [0, 0.05) is 48.2 Å². The molecule has 0 atom stereocenters. The predicted molar refractivity (Wildman–Crippen MR) is 134 cm³/mol. The van der Waals surface area contributed by atoms with Crippen LogP contribution < -0.4 is 19.7 Å². The monoisotopic (exact) mass is 469 g/mol. The molecule has 0 saturated carbocycles. The molecule has 178 valence electrons. The van der Waals surface area contributed by atoms with Gasteiger partial charge in [-0.3, -0.25) is 4.79 Å². The summed E-state index contributed by atoms with van der Waals surface area (Å²) in [4.78, 5) is 18.2. The van der Waals surface area contributed by atoms with Crippen LogP contribution in [-0.4, -0.2) is 47.5 Å². The molecule has 0 radical (unpaired) electrons. The number of benzene rings is 2. The highest BCUT2D eigenvalue weighted by molar-refractivity contribution is 5.83. The maximum Gasteiger partial charge on any atom is 0.231 e. The van der Waals surface area contributed by atoms with Gasteiger partial charge in [0.25, 0.3) is 0 Å². The van der Waals surface area contributed by atoms with Gasteiger partial charge in [-0.2, -0.15) is 0 Å². The second kappa shape index (κ2) is 9.29. The lowest BCUT2D eigenvalue weighted by atomic mass is 9.96. The highest BCUT2D eigenvalue weighted by atomic mass is 16.7. The van der Waals surface area contributed by atoms with Crippen LogP contribution >= 0.6 is 0 Å². The zero-order chi connectivity index (χ0) is 23.6. The van der Waals surface area contributed by atoms with Crippen molar-refractivity contribution in [2.45, 2.75) is 19.3 Å². The van der Waals surface area contributed by atoms with E-state index < -0.39 is 0 Å². The zero-order valence-corrected chi connectivity index (χ0v) is 19.4. The van der Waals surface area contributed by atoms with Crippen LogP contribution in [0.4, 0.5) is 5.82 Å². The van der Waals surface area contributed by atoms with Gasteiger partial charge >= 0.3 is 0 Å². The maximum absolute atomic E-state index is 12.7. The third-order valence-corrected chi connectivity index (χ3v) is 6.88. The Morgan fingerprint density at radius 3 is 2.74 bits per heavy atom. The molecule has 2 aromatic carbocycles. The summed E-state index contributed by atoms with van der Waals surface area (Å²) in [6.07, 6.45) is 4.48. The van der Waals surface area contributed by atoms with Crippen molar-refractivity contribution in [1.82, 2.24) is 20.5 Å². The first-order chi connectivity index (χ1) is 17.2. The van der Waals surface area contributed by atoms with Crippen LogP contribution in [-0.2, 0) is 11.2 Å². The third kappa shape index (κ3) is 4.39. The number of fused-ring (bicyclic) bond motifs is 2. The first-order valence-electron chi connectivity index (χ1n) is 12.1. The summed E-state index contributed by atoms with van der Waals surface area (Å²) in [6, 6.07) is 18.0. The van der Waals surface area contributed by atoms with E-state index in [1.165, 1.54) is 10.9 Å². The Morgan fingerprint density at radius 1 is 1.03 bits per heavy atom. The number of carbonyl (C=O) groups excluding carboxylic acids is 1. The Bertz CT molecular complexity index is 1340. The Morgan fingerprint density at radius 2 is 1.89 bits per heavy atom. The van der Waals surface area contributed by atoms with Gasteiger partial charge in [0.15, 0.2) is 17.3 Å². The molecule has 2 aliphatic heterocycles. The van der Waals surface area contributed by atoms with E-state index in [0.29, 0.717) is 6.54 Å². The predicted octanol–water partition coefficient (Wildman–Crippen LogP) is 3.93. The van der Waals surface area contributed by atoms with E-state index in [0.717, 1.165) is 66.4 Å². The maximum atomic E-state index is 12.7. The second-order valence-electron chi connectivity index (χ2n) is 9.01. The lowest BCUT2D eigenvalue weighted by Gasteiger charge is -2.31. The average molecular weight is 470 g/mol. The normalized spacial score (nSPS) is 15.5. The molecule has 8 nitrogen and oxygen atoms in total. The van der Waals surface area contributed by atoms with Gasteiger partial charge in [-0.1, -0.05) is 18.2 Å². The molecule has 8 heteroatoms. The van der Waals surface area contributed by atoms with Crippen molar-refractivity contribution in [1.29, 1.82) is 0 Å². The molecule has 2 aliphatic rings. The van der Waals surface area contributed by atoms with Crippen LogP contribution in [0.2, 0.25) is 0 Å². The van der Waals surface area contributed by atoms with Crippen molar-refractivity contribution < 1.29 is 14.3 Å². The quantitative estimate of drug-likeness (QED) is 0.445. The van der Waals surface area contributed by atoms with Crippen LogP contribution in [0.5, 0.6) is 11.5 Å². The van der Waals surface area contributed by atoms with E-state index in [9.17, 15) is 4.79 Å². The number of hydrogen-bond donors (Lipinski definition) is 2. The molecular weight excluding hydrogens is 442 g/mol. The SMILES string of the molecule is O=C(NCCc1c[nH]c2ccccc12)C1CCN(c2ccc(-c3ccc4c(c3)OCO4)nn2)CC1. The lowest BCUT2D eigenvalue weighted by Crippen LogP contribution is -2.41. The number of hydrogen-bond acceptors (Lipinski definition) is 6. The zero-order valence-electron chi connectivity index (χ0n) is 19.4. The van der Waals surface area contributed by atoms with Crippen LogP contribution in [0.15, 0.2) is 60.8 Å². The highest BCUT2D eigenvalue weighted by Gasteiger charge is 2.25. The van der Waals surface area contributed by atoms with E-state index in [1.807, 2.05) is 48.7 Å². The molecule has 1 saturated heterocycles. The summed E-state index contributed by atoms with van der Waals surface area (Å²) in [5.74, 6) is 2.51. The molecule has 0 spiro atoms. The Labute approximate surface area is 203 Å². The molecular formula is C27H27N5O3. The molecule has 0 bridgehead atoms. The van der Waals surface area contributed by atoms with Crippen LogP contribution in [0.1, 0.15) is 18.4 Å². The van der Waals surface area contributed by atoms with E-state index >= 15 is 0 Å². The van der Waals surface area contributed by atoms with Gasteiger partial charge in [-0.25, -0.2) is 0 Å². The number of ether oxygens (including phenoxy) is 2. The lowest BCUT2D eigenvalue weighted by molar-refractivity contribution is -0.125. The van der Waals surface area contributed by atoms with Crippen molar-refractivity contribution in [2.24, 2.45) is 5.92 Å². The minimum absolute atomic E-state index is 0.0371. The molecule has 4 aromatic rings. The fourth-order valence-corrected chi connectivity index (χ4v) is 4.88. The van der Waals surface area contributed by atoms with Crippen molar-refractivity contribution in [3.05, 3.63) is 66.4 Å². The number of anilines is 1. The summed E-state index contributed by atoms with van der Waals surface area (Å²) >= 11 is 0. The van der Waals surface area contributed by atoms with Crippen molar-refractivity contribution in [3.63, 3.8) is 0 Å². The summed E-state index contributed by atoms with van der Waals surface area (Å²) in [5.41, 5.74) is 4.10. The fourth-order valence-electron chi connectivity index (χ4n) is 4.88. The number of carbonyl (C=O) groups is 1. The topological polar surface area (TPSA) is 92.4 Å². The molecule has 2 N–H and O–H groups in total. The van der Waals surface area contributed by atoms with Gasteiger partial charge in [0.1, 0.15) is 0 Å². The standard InChI is InChI=1S/C27H27N5O3/c33-27(28-12-9-20-16-29-23-4-2-1-3-21(20)23)18-10-13-32(14-11-18)26-8-6-22(30-31-26)19-5-7-24-25(15-19)35-17-34-24/h1-8,15-16,18,29H,9-14,17H2,(H,28,33). The molecule has 0 aliphatic carbocycles. The average Bonchev–Trinajstić information content (AvgIpc) is 3.55. The van der Waals surface area contributed by atoms with Crippen molar-refractivity contribution >= 4 is 22.6 Å². The smallest absolute Gasteiger partial charge is 0.231 e. The van der Waals surface area contributed by atoms with Gasteiger partial charge in [-0.05, 0) is 61.2 Å². The van der Waals surface area contributed by atoms with Gasteiger partial charge in [0.2, 0.25) is 12.7 Å². The van der Waals surface area contributed by atoms with Gasteiger partial charge in [0.05, 0.1) is 5.69 Å². The molecule has 4 heterocycles. The molecule has 6 rings (SSSR count). The van der Waals surface area contributed by atoms with E-state index in [-0.39, 0.29) is 18.6 Å². The molecule has 1 amide bonds. The van der Waals surface area contributed by atoms with Crippen LogP contribution in [0.25, 0.3) is 22.2 Å². The largest absolute Gasteiger partial charge is 0.454 e. The van der Waals surface area contributed by atoms with Crippen molar-refractivity contribution in [3.8, 4) is 22.8 Å². The highest BCUT2D eigenvalue weighted by Crippen LogP contribution is 2.35. The number of aromatic amines is 1. The fraction of sp³-hybridized carbons (Fsp3) is 0.296. The number of amides is 1. The first kappa shape index (κ1) is 21.5. The van der Waals surface area contributed by atoms with Gasteiger partial charge in [-0.15, -0.1) is 10.2 Å². The van der Waals surface area contributed by atoms with Crippen LogP contribution in [0.3, 0.4) is 0 Å². The minimum atomic E-state index is 0.0371. The number of nitrogens with zero attached hydrogens (tertiary/aromatic N) is 3. The number of rotatable bonds is 6. The number of H-pyrrole nitrogens is 1. The number of para-hydroxylation sites is 1. The Kier molecular flexibility index (Phi) is 5.70. The Hall–Kier alpha value is -4.07. The molecule has 35 heavy (non-hydrogen) atoms.